The number of carbonyl (C=O) groups excluding carboxylic acids is 1. The number of amidine groups is 1. The smallest absolute Gasteiger partial charge is 0.267 e. The maximum atomic E-state index is 13.2. The fourth-order valence-corrected chi connectivity index (χ4v) is 4.53. The van der Waals surface area contributed by atoms with Crippen LogP contribution in [0.3, 0.4) is 0 Å². The largest absolute Gasteiger partial charge is 0.507 e. The van der Waals surface area contributed by atoms with Gasteiger partial charge in [-0.3, -0.25) is 9.69 Å². The molecule has 2 fully saturated rings. The van der Waals surface area contributed by atoms with Crippen LogP contribution in [0.1, 0.15) is 37.7 Å². The lowest BCUT2D eigenvalue weighted by Crippen LogP contribution is -2.40. The molecule has 2 heterocycles. The Morgan fingerprint density at radius 2 is 1.89 bits per heavy atom. The summed E-state index contributed by atoms with van der Waals surface area (Å²) < 4.78 is 0. The molecule has 4 rings (SSSR count). The van der Waals surface area contributed by atoms with Crippen molar-refractivity contribution in [2.45, 2.75) is 38.1 Å². The summed E-state index contributed by atoms with van der Waals surface area (Å²) in [6.07, 6.45) is 8.93. The first-order valence-corrected chi connectivity index (χ1v) is 10.0. The van der Waals surface area contributed by atoms with E-state index in [4.69, 9.17) is 0 Å². The molecule has 0 radical (unpaired) electrons. The van der Waals surface area contributed by atoms with E-state index in [0.717, 1.165) is 25.7 Å². The zero-order valence-electron chi connectivity index (χ0n) is 14.9. The highest BCUT2D eigenvalue weighted by atomic mass is 32.2. The molecule has 0 spiro atoms. The molecule has 5 nitrogen and oxygen atoms in total. The maximum absolute atomic E-state index is 13.2. The van der Waals surface area contributed by atoms with Gasteiger partial charge in [0.15, 0.2) is 11.0 Å². The van der Waals surface area contributed by atoms with Crippen LogP contribution in [0.5, 0.6) is 5.75 Å². The number of hydrogen-bond donors (Lipinski definition) is 1. The van der Waals surface area contributed by atoms with Gasteiger partial charge in [-0.05, 0) is 48.9 Å². The van der Waals surface area contributed by atoms with Crippen molar-refractivity contribution >= 4 is 34.7 Å². The van der Waals surface area contributed by atoms with Crippen LogP contribution in [0.25, 0.3) is 6.08 Å². The van der Waals surface area contributed by atoms with Crippen LogP contribution in [0, 0.1) is 0 Å². The van der Waals surface area contributed by atoms with Crippen LogP contribution in [0.2, 0.25) is 0 Å². The number of thioether (sulfide) groups is 1. The van der Waals surface area contributed by atoms with Crippen LogP contribution in [0.4, 0.5) is 5.82 Å². The van der Waals surface area contributed by atoms with E-state index in [9.17, 15) is 9.90 Å². The Hall–Kier alpha value is -2.60. The van der Waals surface area contributed by atoms with E-state index in [-0.39, 0.29) is 17.7 Å². The van der Waals surface area contributed by atoms with E-state index >= 15 is 0 Å². The van der Waals surface area contributed by atoms with Crippen molar-refractivity contribution < 1.29 is 9.90 Å². The first kappa shape index (κ1) is 17.8. The lowest BCUT2D eigenvalue weighted by atomic mass is 9.94. The van der Waals surface area contributed by atoms with Gasteiger partial charge >= 0.3 is 0 Å². The normalized spacial score (nSPS) is 21.3. The van der Waals surface area contributed by atoms with Crippen molar-refractivity contribution in [3.8, 4) is 5.75 Å². The van der Waals surface area contributed by atoms with Crippen molar-refractivity contribution in [3.63, 3.8) is 0 Å². The minimum Gasteiger partial charge on any atom is -0.507 e. The fraction of sp³-hybridized carbons (Fsp3) is 0.286. The Morgan fingerprint density at radius 3 is 2.63 bits per heavy atom. The molecule has 1 amide bonds. The van der Waals surface area contributed by atoms with E-state index in [0.29, 0.717) is 21.5 Å². The lowest BCUT2D eigenvalue weighted by Gasteiger charge is -2.30. The van der Waals surface area contributed by atoms with Crippen LogP contribution < -0.4 is 0 Å². The number of aromatic hydroxyl groups is 1. The number of amides is 1. The van der Waals surface area contributed by atoms with Crippen molar-refractivity contribution in [3.05, 3.63) is 59.1 Å². The van der Waals surface area contributed by atoms with E-state index in [1.165, 1.54) is 18.2 Å². The second kappa shape index (κ2) is 7.96. The van der Waals surface area contributed by atoms with Crippen molar-refractivity contribution in [1.82, 2.24) is 9.88 Å². The molecule has 1 N–H and O–H groups in total. The number of phenolic OH excluding ortho intramolecular Hbond substituents is 1. The third-order valence-electron chi connectivity index (χ3n) is 4.86. The van der Waals surface area contributed by atoms with Gasteiger partial charge in [0.05, 0.1) is 4.91 Å². The zero-order chi connectivity index (χ0) is 18.6. The van der Waals surface area contributed by atoms with Gasteiger partial charge in [0.1, 0.15) is 5.75 Å². The Bertz CT molecular complexity index is 889. The third kappa shape index (κ3) is 3.90. The molecule has 1 saturated heterocycles. The number of aromatic nitrogens is 1. The van der Waals surface area contributed by atoms with Gasteiger partial charge in [0.2, 0.25) is 0 Å². The monoisotopic (exact) mass is 379 g/mol. The van der Waals surface area contributed by atoms with Gasteiger partial charge in [-0.2, -0.15) is 0 Å². The molecule has 2 aromatic rings. The first-order valence-electron chi connectivity index (χ1n) is 9.23. The molecule has 1 aromatic heterocycles. The number of rotatable bonds is 3. The number of phenols is 1. The highest BCUT2D eigenvalue weighted by molar-refractivity contribution is 8.18. The maximum Gasteiger partial charge on any atom is 0.267 e. The topological polar surface area (TPSA) is 65.8 Å². The standard InChI is InChI=1S/C21H21N3O2S/c25-17-11-5-4-8-15(17)14-18-20(26)24(16-9-2-1-3-10-16)21(27-18)23-19-12-6-7-13-22-19/h4-8,11-14,16,25H,1-3,9-10H2/b18-14-,23-21+. The zero-order valence-corrected chi connectivity index (χ0v) is 15.7. The predicted octanol–water partition coefficient (Wildman–Crippen LogP) is 4.72. The van der Waals surface area contributed by atoms with Gasteiger partial charge in [0.25, 0.3) is 5.91 Å². The quantitative estimate of drug-likeness (QED) is 0.784. The van der Waals surface area contributed by atoms with Gasteiger partial charge in [-0.25, -0.2) is 9.98 Å². The van der Waals surface area contributed by atoms with E-state index < -0.39 is 0 Å². The average Bonchev–Trinajstić information content (AvgIpc) is 3.00. The molecule has 138 valence electrons. The predicted molar refractivity (Wildman–Crippen MR) is 109 cm³/mol. The Morgan fingerprint density at radius 1 is 1.11 bits per heavy atom. The van der Waals surface area contributed by atoms with Crippen LogP contribution >= 0.6 is 11.8 Å². The molecule has 0 bridgehead atoms. The molecule has 2 aliphatic rings. The Balaban J connectivity index is 1.71. The number of para-hydroxylation sites is 1. The summed E-state index contributed by atoms with van der Waals surface area (Å²) >= 11 is 1.36. The molecule has 0 unspecified atom stereocenters. The van der Waals surface area contributed by atoms with E-state index in [1.807, 2.05) is 29.2 Å². The molecular formula is C21H21N3O2S. The summed E-state index contributed by atoms with van der Waals surface area (Å²) in [6.45, 7) is 0. The summed E-state index contributed by atoms with van der Waals surface area (Å²) in [5.41, 5.74) is 0.635. The number of pyridine rings is 1. The van der Waals surface area contributed by atoms with Crippen LogP contribution in [-0.4, -0.2) is 32.1 Å². The molecule has 1 aliphatic heterocycles. The second-order valence-electron chi connectivity index (χ2n) is 6.72. The van der Waals surface area contributed by atoms with Crippen molar-refractivity contribution in [2.24, 2.45) is 4.99 Å². The van der Waals surface area contributed by atoms with Crippen LogP contribution in [-0.2, 0) is 4.79 Å². The number of benzene rings is 1. The fourth-order valence-electron chi connectivity index (χ4n) is 3.49. The summed E-state index contributed by atoms with van der Waals surface area (Å²) in [5.74, 6) is 0.722. The molecule has 27 heavy (non-hydrogen) atoms. The molecule has 1 aliphatic carbocycles. The minimum absolute atomic E-state index is 0.0372. The average molecular weight is 379 g/mol. The third-order valence-corrected chi connectivity index (χ3v) is 5.84. The summed E-state index contributed by atoms with van der Waals surface area (Å²) in [4.78, 5) is 24.5. The van der Waals surface area contributed by atoms with Gasteiger partial charge in [-0.15, -0.1) is 0 Å². The Kier molecular flexibility index (Phi) is 5.25. The highest BCUT2D eigenvalue weighted by Gasteiger charge is 2.38. The lowest BCUT2D eigenvalue weighted by molar-refractivity contribution is -0.124. The number of hydrogen-bond acceptors (Lipinski definition) is 5. The van der Waals surface area contributed by atoms with Crippen molar-refractivity contribution in [2.75, 3.05) is 0 Å². The molecule has 1 aromatic carbocycles. The number of aliphatic imine (C=N–C) groups is 1. The molecule has 0 atom stereocenters. The van der Waals surface area contributed by atoms with Gasteiger partial charge in [0, 0.05) is 17.8 Å². The van der Waals surface area contributed by atoms with Crippen LogP contribution in [0.15, 0.2) is 58.6 Å². The summed E-state index contributed by atoms with van der Waals surface area (Å²) in [7, 11) is 0. The SMILES string of the molecule is O=C1/C(=C/c2ccccc2O)S/C(=N/c2ccccn2)N1C1CCCCC1. The molecule has 1 saturated carbocycles. The highest BCUT2D eigenvalue weighted by Crippen LogP contribution is 2.38. The minimum atomic E-state index is -0.0372. The second-order valence-corrected chi connectivity index (χ2v) is 7.73. The Labute approximate surface area is 162 Å². The molecular weight excluding hydrogens is 358 g/mol. The van der Waals surface area contributed by atoms with Gasteiger partial charge in [-0.1, -0.05) is 43.5 Å². The van der Waals surface area contributed by atoms with Gasteiger partial charge < -0.3 is 5.11 Å². The summed E-state index contributed by atoms with van der Waals surface area (Å²) in [5, 5.41) is 10.7. The van der Waals surface area contributed by atoms with E-state index in [1.54, 1.807) is 30.5 Å². The van der Waals surface area contributed by atoms with E-state index in [2.05, 4.69) is 9.98 Å². The summed E-state index contributed by atoms with van der Waals surface area (Å²) in [6, 6.07) is 12.8. The number of nitrogens with zero attached hydrogens (tertiary/aromatic N) is 3. The van der Waals surface area contributed by atoms with Crippen molar-refractivity contribution in [1.29, 1.82) is 0 Å². The first-order chi connectivity index (χ1) is 13.2. The number of carbonyl (C=O) groups is 1. The molecule has 6 heteroatoms.